The van der Waals surface area contributed by atoms with Gasteiger partial charge in [0, 0.05) is 17.5 Å². The largest absolute Gasteiger partial charge is 0.388 e. The Morgan fingerprint density at radius 1 is 1.15 bits per heavy atom. The molecule has 0 fully saturated rings. The molecule has 0 aliphatic carbocycles. The number of thiophene rings is 1. The number of hydrogen-bond acceptors (Lipinski definition) is 7. The van der Waals surface area contributed by atoms with Crippen molar-refractivity contribution in [3.8, 4) is 11.1 Å². The van der Waals surface area contributed by atoms with Crippen LogP contribution >= 0.6 is 23.1 Å². The van der Waals surface area contributed by atoms with E-state index in [0.717, 1.165) is 50.3 Å². The van der Waals surface area contributed by atoms with Gasteiger partial charge in [-0.2, -0.15) is 0 Å². The zero-order valence-electron chi connectivity index (χ0n) is 15.1. The maximum atomic E-state index is 9.54. The fourth-order valence-corrected chi connectivity index (χ4v) is 5.07. The van der Waals surface area contributed by atoms with Crippen LogP contribution in [0.1, 0.15) is 25.0 Å². The second-order valence-corrected chi connectivity index (χ2v) is 7.90. The molecule has 4 rings (SSSR count). The molecule has 1 aromatic carbocycles. The molecule has 3 heterocycles. The molecule has 0 amide bonds. The highest BCUT2D eigenvalue weighted by Gasteiger charge is 2.19. The standard InChI is InChI=1S/C19H19N5OS2/c1-3-9-24-15(10-25)22-23-19(24)27-18-16-14(13-7-5-4-6-8-13)11-26-17(16)20-12(2)21-18/h4-8,11,25H,3,9-10H2,1-2H3. The lowest BCUT2D eigenvalue weighted by Gasteiger charge is -2.09. The molecule has 27 heavy (non-hydrogen) atoms. The Morgan fingerprint density at radius 3 is 2.70 bits per heavy atom. The highest BCUT2D eigenvalue weighted by atomic mass is 32.2. The molecule has 1 N–H and O–H groups in total. The van der Waals surface area contributed by atoms with Gasteiger partial charge in [-0.05, 0) is 30.7 Å². The monoisotopic (exact) mass is 397 g/mol. The number of rotatable bonds is 6. The van der Waals surface area contributed by atoms with E-state index < -0.39 is 0 Å². The van der Waals surface area contributed by atoms with Crippen LogP contribution in [0.5, 0.6) is 0 Å². The van der Waals surface area contributed by atoms with E-state index in [0.29, 0.717) is 5.82 Å². The van der Waals surface area contributed by atoms with Gasteiger partial charge in [0.1, 0.15) is 22.3 Å². The first-order valence-corrected chi connectivity index (χ1v) is 10.4. The Bertz CT molecular complexity index is 1070. The summed E-state index contributed by atoms with van der Waals surface area (Å²) < 4.78 is 1.96. The molecule has 8 heteroatoms. The Labute approximate surface area is 165 Å². The number of aliphatic hydroxyl groups excluding tert-OH is 1. The zero-order valence-corrected chi connectivity index (χ0v) is 16.7. The average Bonchev–Trinajstić information content (AvgIpc) is 3.27. The van der Waals surface area contributed by atoms with Crippen molar-refractivity contribution in [3.05, 3.63) is 47.4 Å². The van der Waals surface area contributed by atoms with Crippen molar-refractivity contribution in [1.82, 2.24) is 24.7 Å². The van der Waals surface area contributed by atoms with Crippen LogP contribution < -0.4 is 0 Å². The van der Waals surface area contributed by atoms with Crippen LogP contribution in [0, 0.1) is 6.92 Å². The van der Waals surface area contributed by atoms with E-state index in [2.05, 4.69) is 39.6 Å². The molecule has 0 unspecified atom stereocenters. The molecule has 3 aromatic heterocycles. The quantitative estimate of drug-likeness (QED) is 0.489. The van der Waals surface area contributed by atoms with Crippen LogP contribution in [0.25, 0.3) is 21.3 Å². The third-order valence-corrected chi connectivity index (χ3v) is 6.01. The van der Waals surface area contributed by atoms with Crippen LogP contribution in [0.4, 0.5) is 0 Å². The lowest BCUT2D eigenvalue weighted by atomic mass is 10.1. The smallest absolute Gasteiger partial charge is 0.197 e. The van der Waals surface area contributed by atoms with Gasteiger partial charge in [0.15, 0.2) is 11.0 Å². The Kier molecular flexibility index (Phi) is 5.20. The van der Waals surface area contributed by atoms with E-state index in [4.69, 9.17) is 4.98 Å². The third-order valence-electron chi connectivity index (χ3n) is 4.17. The van der Waals surface area contributed by atoms with Crippen molar-refractivity contribution in [3.63, 3.8) is 0 Å². The zero-order chi connectivity index (χ0) is 18.8. The molecule has 0 aliphatic rings. The minimum atomic E-state index is -0.126. The Balaban J connectivity index is 1.85. The van der Waals surface area contributed by atoms with Gasteiger partial charge in [0.05, 0.1) is 5.39 Å². The molecule has 138 valence electrons. The number of fused-ring (bicyclic) bond motifs is 1. The topological polar surface area (TPSA) is 76.7 Å². The number of benzene rings is 1. The molecule has 0 atom stereocenters. The van der Waals surface area contributed by atoms with Crippen molar-refractivity contribution in [2.75, 3.05) is 0 Å². The number of aliphatic hydroxyl groups is 1. The number of aryl methyl sites for hydroxylation is 1. The predicted molar refractivity (Wildman–Crippen MR) is 108 cm³/mol. The Morgan fingerprint density at radius 2 is 1.96 bits per heavy atom. The summed E-state index contributed by atoms with van der Waals surface area (Å²) >= 11 is 3.11. The van der Waals surface area contributed by atoms with Crippen LogP contribution in [0.3, 0.4) is 0 Å². The summed E-state index contributed by atoms with van der Waals surface area (Å²) in [5.74, 6) is 1.31. The summed E-state index contributed by atoms with van der Waals surface area (Å²) in [6, 6.07) is 10.3. The fraction of sp³-hybridized carbons (Fsp3) is 0.263. The van der Waals surface area contributed by atoms with E-state index in [1.165, 1.54) is 11.8 Å². The van der Waals surface area contributed by atoms with Gasteiger partial charge < -0.3 is 9.67 Å². The molecule has 6 nitrogen and oxygen atoms in total. The summed E-state index contributed by atoms with van der Waals surface area (Å²) in [5.41, 5.74) is 2.27. The normalized spacial score (nSPS) is 11.4. The molecule has 0 saturated carbocycles. The van der Waals surface area contributed by atoms with Crippen LogP contribution in [0.2, 0.25) is 0 Å². The summed E-state index contributed by atoms with van der Waals surface area (Å²) in [6.07, 6.45) is 0.935. The van der Waals surface area contributed by atoms with E-state index in [1.54, 1.807) is 11.3 Å². The second-order valence-electron chi connectivity index (χ2n) is 6.08. The molecule has 0 spiro atoms. The van der Waals surface area contributed by atoms with Crippen molar-refractivity contribution >= 4 is 33.3 Å². The molecule has 4 aromatic rings. The maximum Gasteiger partial charge on any atom is 0.197 e. The maximum absolute atomic E-state index is 9.54. The van der Waals surface area contributed by atoms with Crippen molar-refractivity contribution < 1.29 is 5.11 Å². The van der Waals surface area contributed by atoms with Gasteiger partial charge in [0.25, 0.3) is 0 Å². The number of hydrogen-bond donors (Lipinski definition) is 1. The van der Waals surface area contributed by atoms with E-state index in [1.807, 2.05) is 29.7 Å². The van der Waals surface area contributed by atoms with Gasteiger partial charge in [-0.15, -0.1) is 21.5 Å². The van der Waals surface area contributed by atoms with Crippen molar-refractivity contribution in [2.24, 2.45) is 0 Å². The molecular weight excluding hydrogens is 378 g/mol. The minimum Gasteiger partial charge on any atom is -0.388 e. The molecule has 0 saturated heterocycles. The lowest BCUT2D eigenvalue weighted by molar-refractivity contribution is 0.263. The molecule has 0 bridgehead atoms. The first-order valence-electron chi connectivity index (χ1n) is 8.73. The van der Waals surface area contributed by atoms with Gasteiger partial charge in [0.2, 0.25) is 0 Å². The van der Waals surface area contributed by atoms with E-state index in [9.17, 15) is 5.11 Å². The molecular formula is C19H19N5OS2. The second kappa shape index (κ2) is 7.75. The Hall–Kier alpha value is -2.29. The van der Waals surface area contributed by atoms with Crippen molar-refractivity contribution in [2.45, 2.75) is 43.6 Å². The minimum absolute atomic E-state index is 0.126. The highest BCUT2D eigenvalue weighted by molar-refractivity contribution is 7.99. The average molecular weight is 398 g/mol. The first-order chi connectivity index (χ1) is 13.2. The number of aromatic nitrogens is 5. The summed E-state index contributed by atoms with van der Waals surface area (Å²) in [7, 11) is 0. The van der Waals surface area contributed by atoms with Gasteiger partial charge in [-0.3, -0.25) is 0 Å². The van der Waals surface area contributed by atoms with Gasteiger partial charge >= 0.3 is 0 Å². The van der Waals surface area contributed by atoms with E-state index in [-0.39, 0.29) is 6.61 Å². The first kappa shape index (κ1) is 18.1. The lowest BCUT2D eigenvalue weighted by Crippen LogP contribution is -2.05. The fourth-order valence-electron chi connectivity index (χ4n) is 2.96. The third kappa shape index (κ3) is 3.47. The van der Waals surface area contributed by atoms with Gasteiger partial charge in [-0.1, -0.05) is 37.3 Å². The summed E-state index contributed by atoms with van der Waals surface area (Å²) in [6.45, 7) is 4.63. The highest BCUT2D eigenvalue weighted by Crippen LogP contribution is 2.40. The molecule has 0 aliphatic heterocycles. The van der Waals surface area contributed by atoms with Crippen molar-refractivity contribution in [1.29, 1.82) is 0 Å². The van der Waals surface area contributed by atoms with Crippen LogP contribution in [-0.2, 0) is 13.2 Å². The molecule has 0 radical (unpaired) electrons. The predicted octanol–water partition coefficient (Wildman–Crippen LogP) is 4.31. The van der Waals surface area contributed by atoms with E-state index >= 15 is 0 Å². The number of nitrogens with zero attached hydrogens (tertiary/aromatic N) is 5. The van der Waals surface area contributed by atoms with Crippen LogP contribution in [-0.4, -0.2) is 29.8 Å². The summed E-state index contributed by atoms with van der Waals surface area (Å²) in [4.78, 5) is 10.3. The summed E-state index contributed by atoms with van der Waals surface area (Å²) in [5, 5.41) is 22.7. The van der Waals surface area contributed by atoms with Crippen LogP contribution in [0.15, 0.2) is 45.9 Å². The SMILES string of the molecule is CCCn1c(CO)nnc1Sc1nc(C)nc2scc(-c3ccccc3)c12. The van der Waals surface area contributed by atoms with Gasteiger partial charge in [-0.25, -0.2) is 9.97 Å².